The number of esters is 1. The Kier molecular flexibility index (Phi) is 2.41. The number of carbonyl (C=O) groups excluding carboxylic acids is 1. The first-order chi connectivity index (χ1) is 11.3. The van der Waals surface area contributed by atoms with Crippen LogP contribution >= 0.6 is 0 Å². The van der Waals surface area contributed by atoms with E-state index in [2.05, 4.69) is 6.58 Å². The fourth-order valence-corrected chi connectivity index (χ4v) is 5.60. The molecule has 1 N–H and O–H groups in total. The molecular formula is C18H18O6. The summed E-state index contributed by atoms with van der Waals surface area (Å²) in [4.78, 5) is 24.7. The van der Waals surface area contributed by atoms with Gasteiger partial charge in [0.25, 0.3) is 0 Å². The predicted molar refractivity (Wildman–Crippen MR) is 82.3 cm³/mol. The highest BCUT2D eigenvalue weighted by Crippen LogP contribution is 2.66. The molecule has 0 aromatic carbocycles. The molecule has 126 valence electrons. The van der Waals surface area contributed by atoms with Crippen LogP contribution in [0.1, 0.15) is 30.7 Å². The zero-order chi connectivity index (χ0) is 17.0. The van der Waals surface area contributed by atoms with Crippen LogP contribution in [0, 0.1) is 11.3 Å². The average Bonchev–Trinajstić information content (AvgIpc) is 3.29. The zero-order valence-corrected chi connectivity index (χ0v) is 13.4. The molecule has 0 radical (unpaired) electrons. The molecule has 2 aliphatic carbocycles. The lowest BCUT2D eigenvalue weighted by Gasteiger charge is -2.50. The van der Waals surface area contributed by atoms with Crippen molar-refractivity contribution in [2.45, 2.75) is 50.1 Å². The van der Waals surface area contributed by atoms with Crippen molar-refractivity contribution < 1.29 is 23.8 Å². The lowest BCUT2D eigenvalue weighted by molar-refractivity contribution is -0.154. The van der Waals surface area contributed by atoms with E-state index in [0.717, 1.165) is 11.1 Å². The Balaban J connectivity index is 1.83. The van der Waals surface area contributed by atoms with Crippen LogP contribution in [-0.2, 0) is 26.1 Å². The van der Waals surface area contributed by atoms with Gasteiger partial charge in [0.15, 0.2) is 0 Å². The van der Waals surface area contributed by atoms with Gasteiger partial charge in [-0.15, -0.1) is 0 Å². The number of epoxide rings is 1. The summed E-state index contributed by atoms with van der Waals surface area (Å²) in [6.07, 6.45) is 0.0634. The maximum Gasteiger partial charge on any atom is 0.336 e. The minimum atomic E-state index is -1.03. The molecule has 6 nitrogen and oxygen atoms in total. The van der Waals surface area contributed by atoms with E-state index >= 15 is 0 Å². The monoisotopic (exact) mass is 330 g/mol. The van der Waals surface area contributed by atoms with Gasteiger partial charge < -0.3 is 19.0 Å². The second-order valence-electron chi connectivity index (χ2n) is 7.68. The normalized spacial score (nSPS) is 47.3. The summed E-state index contributed by atoms with van der Waals surface area (Å²) >= 11 is 0. The van der Waals surface area contributed by atoms with Crippen molar-refractivity contribution in [1.82, 2.24) is 0 Å². The van der Waals surface area contributed by atoms with E-state index in [-0.39, 0.29) is 18.1 Å². The first-order valence-corrected chi connectivity index (χ1v) is 8.18. The van der Waals surface area contributed by atoms with Crippen LogP contribution in [-0.4, -0.2) is 35.5 Å². The molecule has 3 fully saturated rings. The highest BCUT2D eigenvalue weighted by atomic mass is 16.6. The van der Waals surface area contributed by atoms with Crippen LogP contribution in [0.2, 0.25) is 0 Å². The standard InChI is InChI=1S/C18H18O6/c1-4-9-7-5-10-13-17(2,8(7)6-11(19)22-9)15-12(24-15)14(20)18(13,3)16(21)23-10/h4,6,10,12-15,20H,1,5H2,2-3H3/t10?,12-,13?,14+,15-,17-,18-/m1/s1. The molecule has 4 aliphatic rings. The molecule has 0 spiro atoms. The quantitative estimate of drug-likeness (QED) is 0.605. The van der Waals surface area contributed by atoms with Crippen LogP contribution < -0.4 is 5.63 Å². The second kappa shape index (κ2) is 4.00. The Morgan fingerprint density at radius 3 is 2.79 bits per heavy atom. The van der Waals surface area contributed by atoms with E-state index in [9.17, 15) is 14.7 Å². The SMILES string of the molecule is C=Cc1oc(=O)cc2c1CC1OC(=O)[C@]3(C)C1[C@]2(C)[C@@H]1O[C@@H]1[C@@H]3O. The largest absolute Gasteiger partial charge is 0.461 e. The maximum absolute atomic E-state index is 12.6. The van der Waals surface area contributed by atoms with E-state index in [4.69, 9.17) is 13.9 Å². The number of rotatable bonds is 1. The van der Waals surface area contributed by atoms with Crippen LogP contribution in [0.15, 0.2) is 21.9 Å². The topological polar surface area (TPSA) is 89.3 Å². The number of aliphatic hydroxyl groups is 1. The molecule has 1 saturated carbocycles. The van der Waals surface area contributed by atoms with Gasteiger partial charge in [0.2, 0.25) is 0 Å². The van der Waals surface area contributed by atoms with Gasteiger partial charge in [-0.1, -0.05) is 13.5 Å². The minimum Gasteiger partial charge on any atom is -0.461 e. The number of hydrogen-bond acceptors (Lipinski definition) is 6. The smallest absolute Gasteiger partial charge is 0.336 e. The first kappa shape index (κ1) is 14.4. The summed E-state index contributed by atoms with van der Waals surface area (Å²) in [6.45, 7) is 7.49. The molecule has 0 bridgehead atoms. The number of fused-ring (bicyclic) bond motifs is 4. The molecule has 6 heteroatoms. The molecule has 5 rings (SSSR count). The molecule has 24 heavy (non-hydrogen) atoms. The molecule has 1 aromatic heterocycles. The van der Waals surface area contributed by atoms with Crippen molar-refractivity contribution in [3.8, 4) is 0 Å². The fraction of sp³-hybridized carbons (Fsp3) is 0.556. The molecule has 7 atom stereocenters. The molecule has 2 saturated heterocycles. The van der Waals surface area contributed by atoms with Crippen LogP contribution in [0.4, 0.5) is 0 Å². The Labute approximate surface area is 138 Å². The summed E-state index contributed by atoms with van der Waals surface area (Å²) in [5, 5.41) is 10.7. The van der Waals surface area contributed by atoms with Crippen molar-refractivity contribution in [1.29, 1.82) is 0 Å². The molecule has 0 amide bonds. The van der Waals surface area contributed by atoms with Crippen LogP contribution in [0.3, 0.4) is 0 Å². The molecule has 1 aromatic rings. The number of ether oxygens (including phenoxy) is 2. The lowest BCUT2D eigenvalue weighted by Crippen LogP contribution is -2.62. The molecule has 2 unspecified atom stereocenters. The van der Waals surface area contributed by atoms with E-state index in [1.54, 1.807) is 6.92 Å². The van der Waals surface area contributed by atoms with Crippen LogP contribution in [0.25, 0.3) is 6.08 Å². The van der Waals surface area contributed by atoms with Crippen molar-refractivity contribution in [3.05, 3.63) is 40.0 Å². The summed E-state index contributed by atoms with van der Waals surface area (Å²) < 4.78 is 16.7. The molecule has 3 heterocycles. The van der Waals surface area contributed by atoms with Crippen molar-refractivity contribution in [2.24, 2.45) is 11.3 Å². The van der Waals surface area contributed by atoms with E-state index in [1.165, 1.54) is 12.1 Å². The van der Waals surface area contributed by atoms with Crippen LogP contribution in [0.5, 0.6) is 0 Å². The summed E-state index contributed by atoms with van der Waals surface area (Å²) in [5.74, 6) is -0.217. The lowest BCUT2D eigenvalue weighted by atomic mass is 9.49. The van der Waals surface area contributed by atoms with Gasteiger partial charge in [-0.05, 0) is 18.6 Å². The zero-order valence-electron chi connectivity index (χ0n) is 13.4. The van der Waals surface area contributed by atoms with Gasteiger partial charge in [-0.2, -0.15) is 0 Å². The fourth-order valence-electron chi connectivity index (χ4n) is 5.60. The third-order valence-corrected chi connectivity index (χ3v) is 6.67. The van der Waals surface area contributed by atoms with Crippen molar-refractivity contribution in [3.63, 3.8) is 0 Å². The number of hydrogen-bond donors (Lipinski definition) is 1. The third kappa shape index (κ3) is 1.33. The van der Waals surface area contributed by atoms with Gasteiger partial charge >= 0.3 is 11.6 Å². The Morgan fingerprint density at radius 1 is 1.33 bits per heavy atom. The van der Waals surface area contributed by atoms with Gasteiger partial charge in [0.05, 0.1) is 12.2 Å². The van der Waals surface area contributed by atoms with Crippen molar-refractivity contribution in [2.75, 3.05) is 0 Å². The predicted octanol–water partition coefficient (Wildman–Crippen LogP) is 0.786. The Hall–Kier alpha value is -1.92. The number of aliphatic hydroxyl groups excluding tert-OH is 1. The van der Waals surface area contributed by atoms with Gasteiger partial charge in [0, 0.05) is 29.4 Å². The summed E-state index contributed by atoms with van der Waals surface area (Å²) in [7, 11) is 0. The van der Waals surface area contributed by atoms with Gasteiger partial charge in [-0.3, -0.25) is 4.79 Å². The third-order valence-electron chi connectivity index (χ3n) is 6.67. The molecule has 2 aliphatic heterocycles. The van der Waals surface area contributed by atoms with E-state index < -0.39 is 34.6 Å². The van der Waals surface area contributed by atoms with Crippen molar-refractivity contribution >= 4 is 12.0 Å². The highest BCUT2D eigenvalue weighted by molar-refractivity contribution is 5.82. The Bertz CT molecular complexity index is 856. The molecular weight excluding hydrogens is 312 g/mol. The first-order valence-electron chi connectivity index (χ1n) is 8.18. The van der Waals surface area contributed by atoms with E-state index in [1.807, 2.05) is 6.92 Å². The maximum atomic E-state index is 12.6. The minimum absolute atomic E-state index is 0.235. The second-order valence-corrected chi connectivity index (χ2v) is 7.68. The summed E-state index contributed by atoms with van der Waals surface area (Å²) in [6, 6.07) is 1.50. The van der Waals surface area contributed by atoms with Gasteiger partial charge in [-0.25, -0.2) is 4.79 Å². The average molecular weight is 330 g/mol. The summed E-state index contributed by atoms with van der Waals surface area (Å²) in [5.41, 5.74) is -0.385. The van der Waals surface area contributed by atoms with E-state index in [0.29, 0.717) is 12.2 Å². The number of carbonyl (C=O) groups is 1. The van der Waals surface area contributed by atoms with Gasteiger partial charge in [0.1, 0.15) is 23.4 Å². The highest BCUT2D eigenvalue weighted by Gasteiger charge is 2.78. The Morgan fingerprint density at radius 2 is 2.08 bits per heavy atom.